The van der Waals surface area contributed by atoms with Crippen LogP contribution in [-0.4, -0.2) is 5.91 Å². The molecule has 0 fully saturated rings. The molecule has 0 bridgehead atoms. The number of hydrogen-bond donors (Lipinski definition) is 2. The first-order valence-electron chi connectivity index (χ1n) is 3.82. The minimum absolute atomic E-state index is 0.0497. The average Bonchev–Trinajstić information content (AvgIpc) is 2.04. The van der Waals surface area contributed by atoms with Gasteiger partial charge in [0.25, 0.3) is 0 Å². The second-order valence-corrected chi connectivity index (χ2v) is 3.36. The van der Waals surface area contributed by atoms with Crippen molar-refractivity contribution in [1.29, 1.82) is 0 Å². The maximum atomic E-state index is 11.1. The standard InChI is InChI=1S/C9H9NOS/c11-8-5-6-3-1-2-4-7(6)9(12)10-8/h1-4,9,12H,5H2,(H,10,11). The second kappa shape index (κ2) is 2.83. The summed E-state index contributed by atoms with van der Waals surface area (Å²) >= 11 is 4.27. The van der Waals surface area contributed by atoms with E-state index >= 15 is 0 Å². The highest BCUT2D eigenvalue weighted by Gasteiger charge is 2.20. The molecule has 1 aliphatic heterocycles. The summed E-state index contributed by atoms with van der Waals surface area (Å²) in [6, 6.07) is 7.86. The van der Waals surface area contributed by atoms with Crippen LogP contribution in [0.5, 0.6) is 0 Å². The van der Waals surface area contributed by atoms with Crippen molar-refractivity contribution in [2.75, 3.05) is 0 Å². The van der Waals surface area contributed by atoms with Gasteiger partial charge in [0, 0.05) is 0 Å². The fraction of sp³-hybridized carbons (Fsp3) is 0.222. The maximum Gasteiger partial charge on any atom is 0.225 e. The topological polar surface area (TPSA) is 29.1 Å². The zero-order valence-electron chi connectivity index (χ0n) is 6.45. The lowest BCUT2D eigenvalue weighted by Crippen LogP contribution is -2.32. The molecule has 12 heavy (non-hydrogen) atoms. The average molecular weight is 179 g/mol. The van der Waals surface area contributed by atoms with Gasteiger partial charge in [0.1, 0.15) is 0 Å². The summed E-state index contributed by atoms with van der Waals surface area (Å²) in [7, 11) is 0. The van der Waals surface area contributed by atoms with E-state index in [4.69, 9.17) is 0 Å². The lowest BCUT2D eigenvalue weighted by atomic mass is 10.0. The van der Waals surface area contributed by atoms with Crippen LogP contribution in [0.15, 0.2) is 24.3 Å². The normalized spacial score (nSPS) is 21.4. The maximum absolute atomic E-state index is 11.1. The lowest BCUT2D eigenvalue weighted by Gasteiger charge is -2.22. The summed E-state index contributed by atoms with van der Waals surface area (Å²) < 4.78 is 0. The van der Waals surface area contributed by atoms with Crippen LogP contribution >= 0.6 is 12.6 Å². The summed E-state index contributed by atoms with van der Waals surface area (Å²) in [6.07, 6.45) is 0.479. The van der Waals surface area contributed by atoms with Crippen LogP contribution in [0.25, 0.3) is 0 Å². The number of hydrogen-bond acceptors (Lipinski definition) is 2. The molecule has 1 heterocycles. The summed E-state index contributed by atoms with van der Waals surface area (Å²) in [5, 5.41) is 2.62. The van der Waals surface area contributed by atoms with Crippen molar-refractivity contribution < 1.29 is 4.79 Å². The largest absolute Gasteiger partial charge is 0.340 e. The summed E-state index contributed by atoms with van der Waals surface area (Å²) in [6.45, 7) is 0. The molecule has 1 N–H and O–H groups in total. The van der Waals surface area contributed by atoms with Crippen LogP contribution in [0.2, 0.25) is 0 Å². The molecule has 2 nitrogen and oxygen atoms in total. The Balaban J connectivity index is 2.47. The van der Waals surface area contributed by atoms with E-state index in [2.05, 4.69) is 17.9 Å². The van der Waals surface area contributed by atoms with E-state index in [1.165, 1.54) is 0 Å². The number of fused-ring (bicyclic) bond motifs is 1. The van der Waals surface area contributed by atoms with Crippen molar-refractivity contribution in [3.8, 4) is 0 Å². The summed E-state index contributed by atoms with van der Waals surface area (Å²) in [4.78, 5) is 11.1. The molecule has 1 aromatic carbocycles. The minimum atomic E-state index is -0.137. The van der Waals surface area contributed by atoms with Gasteiger partial charge in [-0.2, -0.15) is 0 Å². The first kappa shape index (κ1) is 7.68. The first-order valence-corrected chi connectivity index (χ1v) is 4.34. The number of rotatable bonds is 0. The number of thiol groups is 1. The Bertz CT molecular complexity index is 324. The third-order valence-electron chi connectivity index (χ3n) is 2.00. The van der Waals surface area contributed by atoms with Crippen LogP contribution < -0.4 is 5.32 Å². The molecule has 0 aromatic heterocycles. The highest BCUT2D eigenvalue weighted by molar-refractivity contribution is 7.80. The molecule has 0 radical (unpaired) electrons. The fourth-order valence-electron chi connectivity index (χ4n) is 1.42. The molecule has 1 amide bonds. The van der Waals surface area contributed by atoms with Gasteiger partial charge >= 0.3 is 0 Å². The fourth-order valence-corrected chi connectivity index (χ4v) is 1.81. The second-order valence-electron chi connectivity index (χ2n) is 2.85. The number of nitrogens with one attached hydrogen (secondary N) is 1. The number of benzene rings is 1. The smallest absolute Gasteiger partial charge is 0.225 e. The molecular weight excluding hydrogens is 170 g/mol. The Morgan fingerprint density at radius 3 is 3.00 bits per heavy atom. The van der Waals surface area contributed by atoms with Crippen LogP contribution in [-0.2, 0) is 11.2 Å². The van der Waals surface area contributed by atoms with E-state index in [1.54, 1.807) is 0 Å². The van der Waals surface area contributed by atoms with E-state index in [9.17, 15) is 4.79 Å². The van der Waals surface area contributed by atoms with Crippen molar-refractivity contribution in [3.05, 3.63) is 35.4 Å². The molecule has 3 heteroatoms. The molecule has 2 rings (SSSR count). The quantitative estimate of drug-likeness (QED) is 0.577. The van der Waals surface area contributed by atoms with Gasteiger partial charge in [0.2, 0.25) is 5.91 Å². The highest BCUT2D eigenvalue weighted by Crippen LogP contribution is 2.24. The molecule has 0 saturated heterocycles. The van der Waals surface area contributed by atoms with Gasteiger partial charge in [-0.25, -0.2) is 0 Å². The first-order chi connectivity index (χ1) is 5.77. The van der Waals surface area contributed by atoms with E-state index < -0.39 is 0 Å². The molecule has 1 aromatic rings. The van der Waals surface area contributed by atoms with E-state index in [-0.39, 0.29) is 11.3 Å². The van der Waals surface area contributed by atoms with E-state index in [0.29, 0.717) is 6.42 Å². The Labute approximate surface area is 76.4 Å². The Morgan fingerprint density at radius 1 is 1.42 bits per heavy atom. The zero-order chi connectivity index (χ0) is 8.55. The van der Waals surface area contributed by atoms with Gasteiger partial charge in [0.15, 0.2) is 0 Å². The van der Waals surface area contributed by atoms with Crippen molar-refractivity contribution >= 4 is 18.5 Å². The number of carbonyl (C=O) groups excluding carboxylic acids is 1. The van der Waals surface area contributed by atoms with Gasteiger partial charge < -0.3 is 5.32 Å². The van der Waals surface area contributed by atoms with Gasteiger partial charge in [-0.15, -0.1) is 12.6 Å². The monoisotopic (exact) mass is 179 g/mol. The van der Waals surface area contributed by atoms with Crippen LogP contribution in [0.3, 0.4) is 0 Å². The van der Waals surface area contributed by atoms with Crippen molar-refractivity contribution in [1.82, 2.24) is 5.32 Å². The van der Waals surface area contributed by atoms with Crippen LogP contribution in [0.4, 0.5) is 0 Å². The predicted octanol–water partition coefficient (Wildman–Crippen LogP) is 1.29. The van der Waals surface area contributed by atoms with Gasteiger partial charge in [-0.05, 0) is 11.1 Å². The van der Waals surface area contributed by atoms with Gasteiger partial charge in [0.05, 0.1) is 11.8 Å². The summed E-state index contributed by atoms with van der Waals surface area (Å²) in [5.74, 6) is 0.0497. The Hall–Kier alpha value is -0.960. The Morgan fingerprint density at radius 2 is 2.17 bits per heavy atom. The molecule has 1 unspecified atom stereocenters. The SMILES string of the molecule is O=C1Cc2ccccc2C(S)N1. The predicted molar refractivity (Wildman–Crippen MR) is 50.0 cm³/mol. The molecule has 0 spiro atoms. The molecule has 62 valence electrons. The number of amides is 1. The third-order valence-corrected chi connectivity index (χ3v) is 2.41. The highest BCUT2D eigenvalue weighted by atomic mass is 32.1. The van der Waals surface area contributed by atoms with Gasteiger partial charge in [-0.1, -0.05) is 24.3 Å². The third kappa shape index (κ3) is 1.20. The zero-order valence-corrected chi connectivity index (χ0v) is 7.34. The molecule has 1 aliphatic rings. The molecule has 0 aliphatic carbocycles. The van der Waals surface area contributed by atoms with Crippen LogP contribution in [0, 0.1) is 0 Å². The minimum Gasteiger partial charge on any atom is -0.340 e. The summed E-state index contributed by atoms with van der Waals surface area (Å²) in [5.41, 5.74) is 2.20. The molecular formula is C9H9NOS. The molecule has 1 atom stereocenters. The van der Waals surface area contributed by atoms with Crippen LogP contribution in [0.1, 0.15) is 16.5 Å². The molecule has 0 saturated carbocycles. The van der Waals surface area contributed by atoms with Crippen molar-refractivity contribution in [3.63, 3.8) is 0 Å². The van der Waals surface area contributed by atoms with E-state index in [0.717, 1.165) is 11.1 Å². The van der Waals surface area contributed by atoms with E-state index in [1.807, 2.05) is 24.3 Å². The lowest BCUT2D eigenvalue weighted by molar-refractivity contribution is -0.121. The number of carbonyl (C=O) groups is 1. The van der Waals surface area contributed by atoms with Crippen molar-refractivity contribution in [2.45, 2.75) is 11.8 Å². The van der Waals surface area contributed by atoms with Gasteiger partial charge in [-0.3, -0.25) is 4.79 Å². The van der Waals surface area contributed by atoms with Crippen molar-refractivity contribution in [2.24, 2.45) is 0 Å². The Kier molecular flexibility index (Phi) is 1.81.